The first-order valence-corrected chi connectivity index (χ1v) is 7.15. The first-order valence-electron chi connectivity index (χ1n) is 7.15. The number of rotatable bonds is 2. The number of benzene rings is 1. The van der Waals surface area contributed by atoms with Crippen LogP contribution in [0, 0.1) is 0 Å². The highest BCUT2D eigenvalue weighted by atomic mass is 16.4. The van der Waals surface area contributed by atoms with Crippen molar-refractivity contribution in [2.45, 2.75) is 25.7 Å². The van der Waals surface area contributed by atoms with E-state index in [1.54, 1.807) is 6.07 Å². The van der Waals surface area contributed by atoms with Gasteiger partial charge in [-0.2, -0.15) is 5.10 Å². The molecule has 1 aliphatic rings. The third-order valence-corrected chi connectivity index (χ3v) is 4.20. The van der Waals surface area contributed by atoms with Crippen molar-refractivity contribution >= 4 is 16.9 Å². The van der Waals surface area contributed by atoms with Gasteiger partial charge in [-0.15, -0.1) is 0 Å². The van der Waals surface area contributed by atoms with Gasteiger partial charge in [0.1, 0.15) is 5.69 Å². The van der Waals surface area contributed by atoms with Crippen molar-refractivity contribution in [2.24, 2.45) is 0 Å². The van der Waals surface area contributed by atoms with Gasteiger partial charge < -0.3 is 10.1 Å². The number of carbonyl (C=O) groups is 1. The van der Waals surface area contributed by atoms with E-state index in [2.05, 4.69) is 27.3 Å². The lowest BCUT2D eigenvalue weighted by molar-refractivity contribution is 0.0690. The highest BCUT2D eigenvalue weighted by Gasteiger charge is 2.16. The lowest BCUT2D eigenvalue weighted by atomic mass is 9.95. The van der Waals surface area contributed by atoms with Crippen molar-refractivity contribution in [3.05, 3.63) is 41.2 Å². The van der Waals surface area contributed by atoms with Crippen LogP contribution in [0.15, 0.2) is 24.3 Å². The molecule has 5 nitrogen and oxygen atoms in total. The van der Waals surface area contributed by atoms with Crippen LogP contribution in [0.2, 0.25) is 0 Å². The molecular formula is C16H15N3O2. The minimum absolute atomic E-state index is 0.112. The molecule has 21 heavy (non-hydrogen) atoms. The molecule has 1 aliphatic carbocycles. The minimum atomic E-state index is -0.992. The number of nitrogens with one attached hydrogen (secondary N) is 2. The summed E-state index contributed by atoms with van der Waals surface area (Å²) in [5.41, 5.74) is 5.63. The molecule has 0 saturated carbocycles. The zero-order valence-electron chi connectivity index (χ0n) is 11.4. The normalized spacial score (nSPS) is 14.3. The summed E-state index contributed by atoms with van der Waals surface area (Å²) in [5, 5.41) is 16.8. The fourth-order valence-electron chi connectivity index (χ4n) is 3.14. The Hall–Kier alpha value is -2.56. The van der Waals surface area contributed by atoms with Crippen LogP contribution >= 0.6 is 0 Å². The van der Waals surface area contributed by atoms with E-state index in [0.29, 0.717) is 5.69 Å². The lowest BCUT2D eigenvalue weighted by Crippen LogP contribution is -1.99. The number of nitrogens with zero attached hydrogens (tertiary/aromatic N) is 1. The fraction of sp³-hybridized carbons (Fsp3) is 0.250. The van der Waals surface area contributed by atoms with E-state index in [-0.39, 0.29) is 5.69 Å². The summed E-state index contributed by atoms with van der Waals surface area (Å²) in [5.74, 6) is -0.992. The fourth-order valence-corrected chi connectivity index (χ4v) is 3.14. The molecule has 0 spiro atoms. The van der Waals surface area contributed by atoms with Crippen molar-refractivity contribution in [2.75, 3.05) is 0 Å². The summed E-state index contributed by atoms with van der Waals surface area (Å²) in [6.45, 7) is 0. The molecule has 3 N–H and O–H groups in total. The summed E-state index contributed by atoms with van der Waals surface area (Å²) < 4.78 is 0. The molecule has 0 aliphatic heterocycles. The van der Waals surface area contributed by atoms with Gasteiger partial charge in [0.2, 0.25) is 0 Å². The van der Waals surface area contributed by atoms with Crippen LogP contribution in [0.4, 0.5) is 0 Å². The van der Waals surface area contributed by atoms with Gasteiger partial charge in [0.15, 0.2) is 0 Å². The SMILES string of the molecule is O=C(O)c1cc(-c2ccc3[nH]c4c(c3c2)CCCC4)n[nH]1. The van der Waals surface area contributed by atoms with Gasteiger partial charge in [-0.3, -0.25) is 5.10 Å². The molecule has 0 unspecified atom stereocenters. The number of fused-ring (bicyclic) bond motifs is 3. The summed E-state index contributed by atoms with van der Waals surface area (Å²) in [4.78, 5) is 14.4. The number of hydrogen-bond donors (Lipinski definition) is 3. The predicted molar refractivity (Wildman–Crippen MR) is 79.5 cm³/mol. The number of aromatic nitrogens is 3. The topological polar surface area (TPSA) is 81.8 Å². The van der Waals surface area contributed by atoms with E-state index in [1.165, 1.54) is 29.5 Å². The molecule has 5 heteroatoms. The van der Waals surface area contributed by atoms with Gasteiger partial charge in [-0.05, 0) is 49.4 Å². The van der Waals surface area contributed by atoms with Gasteiger partial charge in [-0.1, -0.05) is 6.07 Å². The molecule has 0 saturated heterocycles. The van der Waals surface area contributed by atoms with Crippen LogP contribution in [-0.2, 0) is 12.8 Å². The number of hydrogen-bond acceptors (Lipinski definition) is 2. The Labute approximate surface area is 121 Å². The largest absolute Gasteiger partial charge is 0.477 e. The second-order valence-corrected chi connectivity index (χ2v) is 5.52. The van der Waals surface area contributed by atoms with E-state index >= 15 is 0 Å². The van der Waals surface area contributed by atoms with E-state index in [0.717, 1.165) is 23.9 Å². The highest BCUT2D eigenvalue weighted by Crippen LogP contribution is 2.31. The average Bonchev–Trinajstić information content (AvgIpc) is 3.11. The van der Waals surface area contributed by atoms with Crippen molar-refractivity contribution in [1.82, 2.24) is 15.2 Å². The molecule has 106 valence electrons. The Kier molecular flexibility index (Phi) is 2.60. The predicted octanol–water partition coefficient (Wildman–Crippen LogP) is 3.14. The Morgan fingerprint density at radius 3 is 2.86 bits per heavy atom. The quantitative estimate of drug-likeness (QED) is 0.675. The first kappa shape index (κ1) is 12.2. The third-order valence-electron chi connectivity index (χ3n) is 4.20. The molecule has 0 bridgehead atoms. The number of aryl methyl sites for hydroxylation is 2. The summed E-state index contributed by atoms with van der Waals surface area (Å²) in [6, 6.07) is 7.71. The van der Waals surface area contributed by atoms with E-state index in [1.807, 2.05) is 6.07 Å². The molecule has 0 amide bonds. The minimum Gasteiger partial charge on any atom is -0.477 e. The molecule has 2 heterocycles. The molecule has 0 atom stereocenters. The smallest absolute Gasteiger partial charge is 0.353 e. The maximum Gasteiger partial charge on any atom is 0.353 e. The number of aromatic carboxylic acids is 1. The van der Waals surface area contributed by atoms with Crippen molar-refractivity contribution < 1.29 is 9.90 Å². The van der Waals surface area contributed by atoms with E-state index < -0.39 is 5.97 Å². The summed E-state index contributed by atoms with van der Waals surface area (Å²) >= 11 is 0. The highest BCUT2D eigenvalue weighted by molar-refractivity contribution is 5.90. The first-order chi connectivity index (χ1) is 10.2. The summed E-state index contributed by atoms with van der Waals surface area (Å²) in [6.07, 6.45) is 4.70. The third kappa shape index (κ3) is 1.93. The molecule has 2 aromatic heterocycles. The van der Waals surface area contributed by atoms with Crippen LogP contribution < -0.4 is 0 Å². The van der Waals surface area contributed by atoms with E-state index in [9.17, 15) is 4.79 Å². The molecule has 4 rings (SSSR count). The zero-order chi connectivity index (χ0) is 14.4. The molecule has 0 radical (unpaired) electrons. The van der Waals surface area contributed by atoms with Crippen molar-refractivity contribution in [3.63, 3.8) is 0 Å². The van der Waals surface area contributed by atoms with Crippen LogP contribution in [-0.4, -0.2) is 26.3 Å². The van der Waals surface area contributed by atoms with Gasteiger partial charge >= 0.3 is 5.97 Å². The van der Waals surface area contributed by atoms with Gasteiger partial charge in [0, 0.05) is 22.2 Å². The van der Waals surface area contributed by atoms with E-state index in [4.69, 9.17) is 5.11 Å². The monoisotopic (exact) mass is 281 g/mol. The molecular weight excluding hydrogens is 266 g/mol. The van der Waals surface area contributed by atoms with Crippen molar-refractivity contribution in [1.29, 1.82) is 0 Å². The average molecular weight is 281 g/mol. The standard InChI is InChI=1S/C16H15N3O2/c20-16(21)15-8-14(18-19-15)9-5-6-13-11(7-9)10-3-1-2-4-12(10)17-13/h5-8,17H,1-4H2,(H,18,19)(H,20,21). The molecule has 3 aromatic rings. The second-order valence-electron chi connectivity index (χ2n) is 5.52. The second kappa shape index (κ2) is 4.48. The van der Waals surface area contributed by atoms with Crippen LogP contribution in [0.5, 0.6) is 0 Å². The van der Waals surface area contributed by atoms with Crippen LogP contribution in [0.25, 0.3) is 22.2 Å². The van der Waals surface area contributed by atoms with Gasteiger partial charge in [0.05, 0.1) is 5.69 Å². The maximum atomic E-state index is 10.9. The summed E-state index contributed by atoms with van der Waals surface area (Å²) in [7, 11) is 0. The maximum absolute atomic E-state index is 10.9. The number of carboxylic acids is 1. The Bertz CT molecular complexity index is 844. The number of carboxylic acid groups (broad SMARTS) is 1. The molecule has 0 fully saturated rings. The zero-order valence-corrected chi connectivity index (χ0v) is 11.4. The Balaban J connectivity index is 1.84. The number of H-pyrrole nitrogens is 2. The van der Waals surface area contributed by atoms with Gasteiger partial charge in [-0.25, -0.2) is 4.79 Å². The molecule has 1 aromatic carbocycles. The van der Waals surface area contributed by atoms with Gasteiger partial charge in [0.25, 0.3) is 0 Å². The Morgan fingerprint density at radius 2 is 2.05 bits per heavy atom. The van der Waals surface area contributed by atoms with Crippen molar-refractivity contribution in [3.8, 4) is 11.3 Å². The van der Waals surface area contributed by atoms with Crippen LogP contribution in [0.3, 0.4) is 0 Å². The van der Waals surface area contributed by atoms with Crippen LogP contribution in [0.1, 0.15) is 34.6 Å². The Morgan fingerprint density at radius 1 is 1.19 bits per heavy atom. The lowest BCUT2D eigenvalue weighted by Gasteiger charge is -2.10. The number of aromatic amines is 2.